The van der Waals surface area contributed by atoms with Gasteiger partial charge in [0.25, 0.3) is 5.56 Å². The molecule has 2 aromatic heterocycles. The first-order chi connectivity index (χ1) is 15.0. The number of rotatable bonds is 6. The van der Waals surface area contributed by atoms with Gasteiger partial charge in [0.15, 0.2) is 5.16 Å². The summed E-state index contributed by atoms with van der Waals surface area (Å²) in [7, 11) is 0. The van der Waals surface area contributed by atoms with Gasteiger partial charge in [-0.25, -0.2) is 4.98 Å². The summed E-state index contributed by atoms with van der Waals surface area (Å²) in [4.78, 5) is 31.2. The molecule has 2 heterocycles. The summed E-state index contributed by atoms with van der Waals surface area (Å²) in [6.07, 6.45) is 0. The van der Waals surface area contributed by atoms with Crippen molar-refractivity contribution < 1.29 is 4.79 Å². The minimum atomic E-state index is -0.206. The van der Waals surface area contributed by atoms with Crippen LogP contribution in [0.15, 0.2) is 64.5 Å². The van der Waals surface area contributed by atoms with Crippen LogP contribution in [0.25, 0.3) is 20.7 Å². The molecule has 0 aliphatic rings. The first-order valence-electron chi connectivity index (χ1n) is 9.75. The number of fused-ring (bicyclic) bond motifs is 1. The second kappa shape index (κ2) is 9.26. The molecular weight excluding hydrogens is 450 g/mol. The standard InChI is InChI=1S/C23H20ClN3O2S2/c1-3-27-22(29)21-18(12-19(31-21)15-7-5-4-6-8-15)26-23(27)30-13-20(28)25-17-10-9-14(2)11-16(17)24/h4-12H,3,13H2,1-2H3,(H,25,28). The maximum absolute atomic E-state index is 13.0. The molecular formula is C23H20ClN3O2S2. The van der Waals surface area contributed by atoms with E-state index in [4.69, 9.17) is 16.6 Å². The summed E-state index contributed by atoms with van der Waals surface area (Å²) in [5, 5.41) is 3.84. The van der Waals surface area contributed by atoms with Crippen molar-refractivity contribution in [2.45, 2.75) is 25.5 Å². The molecule has 4 rings (SSSR count). The van der Waals surface area contributed by atoms with Crippen molar-refractivity contribution in [3.8, 4) is 10.4 Å². The number of amides is 1. The number of halogens is 1. The Morgan fingerprint density at radius 3 is 2.68 bits per heavy atom. The Kier molecular flexibility index (Phi) is 6.46. The lowest BCUT2D eigenvalue weighted by atomic mass is 10.2. The van der Waals surface area contributed by atoms with Crippen molar-refractivity contribution in [1.29, 1.82) is 0 Å². The fraction of sp³-hybridized carbons (Fsp3) is 0.174. The van der Waals surface area contributed by atoms with Crippen LogP contribution in [-0.4, -0.2) is 21.2 Å². The smallest absolute Gasteiger partial charge is 0.272 e. The van der Waals surface area contributed by atoms with E-state index in [1.165, 1.54) is 23.1 Å². The van der Waals surface area contributed by atoms with Crippen LogP contribution in [0.1, 0.15) is 12.5 Å². The fourth-order valence-corrected chi connectivity index (χ4v) is 5.36. The summed E-state index contributed by atoms with van der Waals surface area (Å²) >= 11 is 8.89. The number of aromatic nitrogens is 2. The Bertz CT molecular complexity index is 1320. The van der Waals surface area contributed by atoms with E-state index in [9.17, 15) is 9.59 Å². The van der Waals surface area contributed by atoms with Crippen molar-refractivity contribution in [2.24, 2.45) is 0 Å². The van der Waals surface area contributed by atoms with Crippen LogP contribution in [0.3, 0.4) is 0 Å². The number of hydrogen-bond acceptors (Lipinski definition) is 5. The Morgan fingerprint density at radius 1 is 1.19 bits per heavy atom. The van der Waals surface area contributed by atoms with Gasteiger partial charge in [-0.15, -0.1) is 11.3 Å². The monoisotopic (exact) mass is 469 g/mol. The van der Waals surface area contributed by atoms with Crippen LogP contribution in [0.5, 0.6) is 0 Å². The molecule has 1 amide bonds. The third kappa shape index (κ3) is 4.69. The Hall–Kier alpha value is -2.61. The Balaban J connectivity index is 1.58. The highest BCUT2D eigenvalue weighted by atomic mass is 35.5. The normalized spacial score (nSPS) is 11.1. The molecule has 1 N–H and O–H groups in total. The molecule has 4 aromatic rings. The first-order valence-corrected chi connectivity index (χ1v) is 11.9. The number of hydrogen-bond donors (Lipinski definition) is 1. The molecule has 0 spiro atoms. The number of carbonyl (C=O) groups is 1. The quantitative estimate of drug-likeness (QED) is 0.284. The van der Waals surface area contributed by atoms with Crippen LogP contribution in [0, 0.1) is 6.92 Å². The summed E-state index contributed by atoms with van der Waals surface area (Å²) in [5.41, 5.74) is 3.22. The van der Waals surface area contributed by atoms with Gasteiger partial charge in [0, 0.05) is 11.4 Å². The molecule has 2 aromatic carbocycles. The van der Waals surface area contributed by atoms with Gasteiger partial charge in [-0.1, -0.05) is 59.8 Å². The molecule has 0 bridgehead atoms. The van der Waals surface area contributed by atoms with Gasteiger partial charge in [-0.3, -0.25) is 14.2 Å². The summed E-state index contributed by atoms with van der Waals surface area (Å²) in [6, 6.07) is 17.3. The molecule has 0 fully saturated rings. The summed E-state index contributed by atoms with van der Waals surface area (Å²) < 4.78 is 2.24. The average molecular weight is 470 g/mol. The average Bonchev–Trinajstić information content (AvgIpc) is 3.19. The molecule has 31 heavy (non-hydrogen) atoms. The van der Waals surface area contributed by atoms with Crippen LogP contribution < -0.4 is 10.9 Å². The molecule has 158 valence electrons. The minimum absolute atomic E-state index is 0.0795. The lowest BCUT2D eigenvalue weighted by Gasteiger charge is -2.10. The molecule has 8 heteroatoms. The van der Waals surface area contributed by atoms with Crippen molar-refractivity contribution in [2.75, 3.05) is 11.1 Å². The van der Waals surface area contributed by atoms with Crippen LogP contribution in [-0.2, 0) is 11.3 Å². The minimum Gasteiger partial charge on any atom is -0.324 e. The molecule has 0 saturated carbocycles. The molecule has 0 saturated heterocycles. The molecule has 0 radical (unpaired) electrons. The highest BCUT2D eigenvalue weighted by molar-refractivity contribution is 7.99. The Morgan fingerprint density at radius 2 is 1.97 bits per heavy atom. The highest BCUT2D eigenvalue weighted by Gasteiger charge is 2.16. The van der Waals surface area contributed by atoms with Gasteiger partial charge >= 0.3 is 0 Å². The third-order valence-electron chi connectivity index (χ3n) is 4.70. The van der Waals surface area contributed by atoms with Crippen LogP contribution in [0.2, 0.25) is 5.02 Å². The van der Waals surface area contributed by atoms with Gasteiger partial charge < -0.3 is 5.32 Å². The number of thioether (sulfide) groups is 1. The van der Waals surface area contributed by atoms with Gasteiger partial charge in [-0.2, -0.15) is 0 Å². The summed E-state index contributed by atoms with van der Waals surface area (Å²) in [6.45, 7) is 4.32. The fourth-order valence-electron chi connectivity index (χ4n) is 3.16. The number of benzene rings is 2. The lowest BCUT2D eigenvalue weighted by Crippen LogP contribution is -2.22. The SMILES string of the molecule is CCn1c(SCC(=O)Nc2ccc(C)cc2Cl)nc2cc(-c3ccccc3)sc2c1=O. The largest absolute Gasteiger partial charge is 0.324 e. The number of carbonyl (C=O) groups excluding carboxylic acids is 1. The zero-order chi connectivity index (χ0) is 22.0. The second-order valence-electron chi connectivity index (χ2n) is 6.95. The first kappa shape index (κ1) is 21.6. The second-order valence-corrected chi connectivity index (χ2v) is 9.36. The predicted octanol–water partition coefficient (Wildman–Crippen LogP) is 5.84. The molecule has 0 unspecified atom stereocenters. The molecule has 0 aliphatic carbocycles. The number of aryl methyl sites for hydroxylation is 1. The number of nitrogens with zero attached hydrogens (tertiary/aromatic N) is 2. The van der Waals surface area contributed by atoms with Gasteiger partial charge in [0.05, 0.1) is 22.0 Å². The van der Waals surface area contributed by atoms with E-state index in [-0.39, 0.29) is 17.2 Å². The molecule has 0 aliphatic heterocycles. The Labute approximate surface area is 193 Å². The van der Waals surface area contributed by atoms with Crippen molar-refractivity contribution in [1.82, 2.24) is 9.55 Å². The van der Waals surface area contributed by atoms with E-state index in [1.54, 1.807) is 16.7 Å². The lowest BCUT2D eigenvalue weighted by molar-refractivity contribution is -0.113. The van der Waals surface area contributed by atoms with Crippen molar-refractivity contribution in [3.63, 3.8) is 0 Å². The highest BCUT2D eigenvalue weighted by Crippen LogP contribution is 2.32. The maximum Gasteiger partial charge on any atom is 0.272 e. The van der Waals surface area contributed by atoms with Gasteiger partial charge in [0.1, 0.15) is 4.70 Å². The van der Waals surface area contributed by atoms with E-state index < -0.39 is 0 Å². The molecule has 5 nitrogen and oxygen atoms in total. The van der Waals surface area contributed by atoms with E-state index in [0.29, 0.717) is 32.6 Å². The van der Waals surface area contributed by atoms with Crippen molar-refractivity contribution >= 4 is 56.5 Å². The number of thiophene rings is 1. The molecule has 0 atom stereocenters. The zero-order valence-electron chi connectivity index (χ0n) is 17.0. The van der Waals surface area contributed by atoms with Gasteiger partial charge in [0.2, 0.25) is 5.91 Å². The third-order valence-corrected chi connectivity index (χ3v) is 7.15. The number of nitrogens with one attached hydrogen (secondary N) is 1. The number of anilines is 1. The zero-order valence-corrected chi connectivity index (χ0v) is 19.4. The van der Waals surface area contributed by atoms with E-state index in [0.717, 1.165) is 16.0 Å². The summed E-state index contributed by atoms with van der Waals surface area (Å²) in [5.74, 6) is -0.0827. The predicted molar refractivity (Wildman–Crippen MR) is 131 cm³/mol. The topological polar surface area (TPSA) is 64.0 Å². The van der Waals surface area contributed by atoms with Crippen LogP contribution >= 0.6 is 34.7 Å². The van der Waals surface area contributed by atoms with E-state index in [1.807, 2.05) is 56.3 Å². The van der Waals surface area contributed by atoms with Gasteiger partial charge in [-0.05, 0) is 43.2 Å². The van der Waals surface area contributed by atoms with Crippen molar-refractivity contribution in [3.05, 3.63) is 75.5 Å². The van der Waals surface area contributed by atoms with Crippen LogP contribution in [0.4, 0.5) is 5.69 Å². The van der Waals surface area contributed by atoms with E-state index in [2.05, 4.69) is 5.32 Å². The maximum atomic E-state index is 13.0. The van der Waals surface area contributed by atoms with E-state index >= 15 is 0 Å².